The van der Waals surface area contributed by atoms with Gasteiger partial charge in [-0.1, -0.05) is 19.1 Å². The molecule has 0 atom stereocenters. The van der Waals surface area contributed by atoms with E-state index in [4.69, 9.17) is 11.6 Å². The lowest BCUT2D eigenvalue weighted by Gasteiger charge is -2.09. The standard InChI is InChI=1S/C14H14ClFN4/c1-3-10-13-14(19(2)18-10)20(12(8-15)17-13)11-7-5-4-6-9(11)16/h4-7H,3,8H2,1-2H3. The first-order valence-electron chi connectivity index (χ1n) is 6.41. The molecule has 4 nitrogen and oxygen atoms in total. The van der Waals surface area contributed by atoms with Crippen LogP contribution in [0.4, 0.5) is 4.39 Å². The number of fused-ring (bicyclic) bond motifs is 1. The highest BCUT2D eigenvalue weighted by Crippen LogP contribution is 2.26. The number of aryl methyl sites for hydroxylation is 2. The molecule has 3 aromatic rings. The van der Waals surface area contributed by atoms with Crippen LogP contribution in [0, 0.1) is 5.82 Å². The summed E-state index contributed by atoms with van der Waals surface area (Å²) in [5, 5.41) is 4.43. The highest BCUT2D eigenvalue weighted by Gasteiger charge is 2.20. The number of hydrogen-bond acceptors (Lipinski definition) is 2. The SMILES string of the molecule is CCc1nn(C)c2c1nc(CCl)n2-c1ccccc1F. The van der Waals surface area contributed by atoms with Gasteiger partial charge in [-0.15, -0.1) is 11.6 Å². The van der Waals surface area contributed by atoms with Gasteiger partial charge in [-0.05, 0) is 18.6 Å². The monoisotopic (exact) mass is 292 g/mol. The predicted octanol–water partition coefficient (Wildman–Crippen LogP) is 3.20. The summed E-state index contributed by atoms with van der Waals surface area (Å²) in [5.74, 6) is 0.526. The Balaban J connectivity index is 2.39. The molecule has 0 aliphatic carbocycles. The quantitative estimate of drug-likeness (QED) is 0.695. The van der Waals surface area contributed by atoms with E-state index in [-0.39, 0.29) is 11.7 Å². The molecule has 6 heteroatoms. The largest absolute Gasteiger partial charge is 0.277 e. The second-order valence-corrected chi connectivity index (χ2v) is 4.81. The van der Waals surface area contributed by atoms with Gasteiger partial charge in [0.05, 0.1) is 17.3 Å². The third-order valence-corrected chi connectivity index (χ3v) is 3.56. The van der Waals surface area contributed by atoms with Gasteiger partial charge in [0.1, 0.15) is 17.2 Å². The molecule has 0 spiro atoms. The molecule has 0 bridgehead atoms. The number of imidazole rings is 1. The van der Waals surface area contributed by atoms with E-state index in [2.05, 4.69) is 10.1 Å². The van der Waals surface area contributed by atoms with E-state index in [1.54, 1.807) is 27.4 Å². The van der Waals surface area contributed by atoms with Gasteiger partial charge in [0, 0.05) is 7.05 Å². The van der Waals surface area contributed by atoms with Crippen LogP contribution in [-0.4, -0.2) is 19.3 Å². The fourth-order valence-electron chi connectivity index (χ4n) is 2.44. The predicted molar refractivity (Wildman–Crippen MR) is 76.7 cm³/mol. The summed E-state index contributed by atoms with van der Waals surface area (Å²) in [7, 11) is 1.83. The molecule has 2 heterocycles. The van der Waals surface area contributed by atoms with Crippen molar-refractivity contribution in [2.75, 3.05) is 0 Å². The highest BCUT2D eigenvalue weighted by molar-refractivity contribution is 6.17. The summed E-state index contributed by atoms with van der Waals surface area (Å²) in [5.41, 5.74) is 2.89. The molecule has 1 aromatic carbocycles. The van der Waals surface area contributed by atoms with Crippen molar-refractivity contribution < 1.29 is 4.39 Å². The third-order valence-electron chi connectivity index (χ3n) is 3.32. The minimum absolute atomic E-state index is 0.214. The zero-order valence-electron chi connectivity index (χ0n) is 11.3. The van der Waals surface area contributed by atoms with E-state index < -0.39 is 0 Å². The Morgan fingerprint density at radius 1 is 1.30 bits per heavy atom. The Bertz CT molecular complexity index is 775. The van der Waals surface area contributed by atoms with Crippen molar-refractivity contribution in [3.8, 4) is 5.69 Å². The van der Waals surface area contributed by atoms with Gasteiger partial charge in [0.25, 0.3) is 0 Å². The van der Waals surface area contributed by atoms with Gasteiger partial charge in [0.2, 0.25) is 0 Å². The molecule has 3 rings (SSSR count). The summed E-state index contributed by atoms with van der Waals surface area (Å²) in [6.45, 7) is 2.02. The maximum absolute atomic E-state index is 14.1. The summed E-state index contributed by atoms with van der Waals surface area (Å²) >= 11 is 5.98. The summed E-state index contributed by atoms with van der Waals surface area (Å²) in [6, 6.07) is 6.59. The molecule has 2 aromatic heterocycles. The first kappa shape index (κ1) is 13.1. The molecule has 0 aliphatic heterocycles. The van der Waals surface area contributed by atoms with Crippen molar-refractivity contribution in [3.05, 3.63) is 41.6 Å². The summed E-state index contributed by atoms with van der Waals surface area (Å²) in [4.78, 5) is 4.52. The number of alkyl halides is 1. The van der Waals surface area contributed by atoms with E-state index >= 15 is 0 Å². The Morgan fingerprint density at radius 3 is 2.70 bits per heavy atom. The van der Waals surface area contributed by atoms with Crippen LogP contribution in [0.3, 0.4) is 0 Å². The molecular formula is C14H14ClFN4. The molecule has 0 radical (unpaired) electrons. The lowest BCUT2D eigenvalue weighted by atomic mass is 10.3. The van der Waals surface area contributed by atoms with Gasteiger partial charge < -0.3 is 0 Å². The molecule has 0 saturated heterocycles. The Morgan fingerprint density at radius 2 is 2.05 bits per heavy atom. The lowest BCUT2D eigenvalue weighted by molar-refractivity contribution is 0.615. The second kappa shape index (κ2) is 4.90. The summed E-state index contributed by atoms with van der Waals surface area (Å²) < 4.78 is 17.6. The number of benzene rings is 1. The Labute approximate surface area is 120 Å². The fourth-order valence-corrected chi connectivity index (χ4v) is 2.62. The van der Waals surface area contributed by atoms with Crippen molar-refractivity contribution in [3.63, 3.8) is 0 Å². The van der Waals surface area contributed by atoms with Crippen molar-refractivity contribution in [2.45, 2.75) is 19.2 Å². The minimum atomic E-state index is -0.308. The van der Waals surface area contributed by atoms with Crippen molar-refractivity contribution >= 4 is 22.8 Å². The zero-order valence-corrected chi connectivity index (χ0v) is 12.0. The van der Waals surface area contributed by atoms with Crippen LogP contribution >= 0.6 is 11.6 Å². The maximum Gasteiger partial charge on any atom is 0.163 e. The van der Waals surface area contributed by atoms with Gasteiger partial charge in [-0.25, -0.2) is 14.1 Å². The van der Waals surface area contributed by atoms with Crippen molar-refractivity contribution in [1.29, 1.82) is 0 Å². The highest BCUT2D eigenvalue weighted by atomic mass is 35.5. The lowest BCUT2D eigenvalue weighted by Crippen LogP contribution is -2.06. The van der Waals surface area contributed by atoms with Gasteiger partial charge >= 0.3 is 0 Å². The van der Waals surface area contributed by atoms with Crippen LogP contribution in [0.1, 0.15) is 18.4 Å². The molecule has 104 valence electrons. The van der Waals surface area contributed by atoms with E-state index in [9.17, 15) is 4.39 Å². The first-order chi connectivity index (χ1) is 9.67. The number of para-hydroxylation sites is 1. The third kappa shape index (κ3) is 1.81. The average Bonchev–Trinajstić information content (AvgIpc) is 2.97. The fraction of sp³-hybridized carbons (Fsp3) is 0.286. The normalized spacial score (nSPS) is 11.4. The molecular weight excluding hydrogens is 279 g/mol. The zero-order chi connectivity index (χ0) is 14.3. The van der Waals surface area contributed by atoms with Gasteiger partial charge in [-0.3, -0.25) is 4.57 Å². The Kier molecular flexibility index (Phi) is 3.22. The van der Waals surface area contributed by atoms with Gasteiger partial charge in [0.15, 0.2) is 5.65 Å². The smallest absolute Gasteiger partial charge is 0.163 e. The second-order valence-electron chi connectivity index (χ2n) is 4.54. The van der Waals surface area contributed by atoms with Gasteiger partial charge in [-0.2, -0.15) is 5.10 Å². The van der Waals surface area contributed by atoms with Crippen molar-refractivity contribution in [1.82, 2.24) is 19.3 Å². The molecule has 0 amide bonds. The molecule has 0 unspecified atom stereocenters. The Hall–Kier alpha value is -1.88. The van der Waals surface area contributed by atoms with Crippen LogP contribution in [0.5, 0.6) is 0 Å². The van der Waals surface area contributed by atoms with Crippen molar-refractivity contribution in [2.24, 2.45) is 7.05 Å². The van der Waals surface area contributed by atoms with Crippen LogP contribution in [0.25, 0.3) is 16.9 Å². The molecule has 0 saturated carbocycles. The van der Waals surface area contributed by atoms with Crippen LogP contribution in [0.15, 0.2) is 24.3 Å². The molecule has 0 aliphatic rings. The topological polar surface area (TPSA) is 35.6 Å². The molecule has 0 fully saturated rings. The van der Waals surface area contributed by atoms with Crippen LogP contribution in [-0.2, 0) is 19.3 Å². The minimum Gasteiger partial charge on any atom is -0.277 e. The summed E-state index contributed by atoms with van der Waals surface area (Å²) in [6.07, 6.45) is 0.771. The molecule has 0 N–H and O–H groups in total. The number of aromatic nitrogens is 4. The van der Waals surface area contributed by atoms with E-state index in [1.807, 2.05) is 14.0 Å². The molecule has 20 heavy (non-hydrogen) atoms. The average molecular weight is 293 g/mol. The van der Waals surface area contributed by atoms with E-state index in [0.29, 0.717) is 11.5 Å². The number of nitrogens with zero attached hydrogens (tertiary/aromatic N) is 4. The number of rotatable bonds is 3. The number of halogens is 2. The first-order valence-corrected chi connectivity index (χ1v) is 6.94. The van der Waals surface area contributed by atoms with E-state index in [1.165, 1.54) is 6.07 Å². The number of hydrogen-bond donors (Lipinski definition) is 0. The van der Waals surface area contributed by atoms with Crippen LogP contribution < -0.4 is 0 Å². The maximum atomic E-state index is 14.1. The van der Waals surface area contributed by atoms with E-state index in [0.717, 1.165) is 23.3 Å². The van der Waals surface area contributed by atoms with Crippen LogP contribution in [0.2, 0.25) is 0 Å².